The standard InChI is InChI=1S/C11H15Cl2NO2S/c1-8(2)17(15,16)14-6-5-9-3-4-10(12)11(13)7-9/h3-4,7-8,14H,5-6H2,1-2H3. The van der Waals surface area contributed by atoms with Crippen molar-refractivity contribution in [2.75, 3.05) is 6.54 Å². The zero-order valence-corrected chi connectivity index (χ0v) is 12.0. The monoisotopic (exact) mass is 295 g/mol. The minimum absolute atomic E-state index is 0.360. The Morgan fingerprint density at radius 3 is 2.41 bits per heavy atom. The highest BCUT2D eigenvalue weighted by atomic mass is 35.5. The number of hydrogen-bond donors (Lipinski definition) is 1. The Morgan fingerprint density at radius 1 is 1.24 bits per heavy atom. The highest BCUT2D eigenvalue weighted by Gasteiger charge is 2.14. The Labute approximate surface area is 112 Å². The Kier molecular flexibility index (Phi) is 5.25. The minimum atomic E-state index is -3.20. The molecule has 6 heteroatoms. The van der Waals surface area contributed by atoms with Gasteiger partial charge in [-0.15, -0.1) is 0 Å². The average Bonchev–Trinajstić information content (AvgIpc) is 2.23. The highest BCUT2D eigenvalue weighted by molar-refractivity contribution is 7.90. The van der Waals surface area contributed by atoms with Crippen LogP contribution in [0.4, 0.5) is 0 Å². The molecule has 0 amide bonds. The van der Waals surface area contributed by atoms with Crippen molar-refractivity contribution in [3.63, 3.8) is 0 Å². The molecule has 1 aromatic carbocycles. The summed E-state index contributed by atoms with van der Waals surface area (Å²) in [6, 6.07) is 5.28. The number of benzene rings is 1. The van der Waals surface area contributed by atoms with Gasteiger partial charge in [0.2, 0.25) is 10.0 Å². The third-order valence-electron chi connectivity index (χ3n) is 2.32. The van der Waals surface area contributed by atoms with E-state index in [-0.39, 0.29) is 0 Å². The van der Waals surface area contributed by atoms with Crippen molar-refractivity contribution in [3.05, 3.63) is 33.8 Å². The summed E-state index contributed by atoms with van der Waals surface area (Å²) >= 11 is 11.6. The van der Waals surface area contributed by atoms with E-state index >= 15 is 0 Å². The van der Waals surface area contributed by atoms with Crippen LogP contribution < -0.4 is 4.72 Å². The van der Waals surface area contributed by atoms with Crippen LogP contribution in [0.3, 0.4) is 0 Å². The van der Waals surface area contributed by atoms with Gasteiger partial charge in [0.05, 0.1) is 15.3 Å². The molecule has 0 bridgehead atoms. The summed E-state index contributed by atoms with van der Waals surface area (Å²) in [4.78, 5) is 0. The molecule has 0 aromatic heterocycles. The summed E-state index contributed by atoms with van der Waals surface area (Å²) in [6.07, 6.45) is 0.586. The first-order valence-corrected chi connectivity index (χ1v) is 7.55. The maximum absolute atomic E-state index is 11.5. The Hall–Kier alpha value is -0.290. The first-order valence-electron chi connectivity index (χ1n) is 5.25. The maximum atomic E-state index is 11.5. The van der Waals surface area contributed by atoms with E-state index in [1.807, 2.05) is 6.07 Å². The summed E-state index contributed by atoms with van der Waals surface area (Å²) in [6.45, 7) is 3.64. The fourth-order valence-corrected chi connectivity index (χ4v) is 2.24. The van der Waals surface area contributed by atoms with Crippen LogP contribution in [0.15, 0.2) is 18.2 Å². The second-order valence-corrected chi connectivity index (χ2v) is 7.12. The first kappa shape index (κ1) is 14.8. The predicted octanol–water partition coefficient (Wildman–Crippen LogP) is 2.86. The van der Waals surface area contributed by atoms with E-state index in [1.165, 1.54) is 0 Å². The van der Waals surface area contributed by atoms with Crippen LogP contribution in [-0.2, 0) is 16.4 Å². The van der Waals surface area contributed by atoms with Crippen molar-refractivity contribution >= 4 is 33.2 Å². The van der Waals surface area contributed by atoms with E-state index in [2.05, 4.69) is 4.72 Å². The van der Waals surface area contributed by atoms with E-state index in [9.17, 15) is 8.42 Å². The summed E-state index contributed by atoms with van der Waals surface area (Å²) in [7, 11) is -3.20. The molecule has 96 valence electrons. The largest absolute Gasteiger partial charge is 0.215 e. The van der Waals surface area contributed by atoms with Gasteiger partial charge in [-0.25, -0.2) is 13.1 Å². The van der Waals surface area contributed by atoms with Gasteiger partial charge in [-0.1, -0.05) is 29.3 Å². The molecule has 0 fully saturated rings. The normalized spacial score (nSPS) is 12.1. The van der Waals surface area contributed by atoms with E-state index in [0.717, 1.165) is 5.56 Å². The number of rotatable bonds is 5. The lowest BCUT2D eigenvalue weighted by atomic mass is 10.1. The van der Waals surface area contributed by atoms with Crippen molar-refractivity contribution in [1.29, 1.82) is 0 Å². The topological polar surface area (TPSA) is 46.2 Å². The fraction of sp³-hybridized carbons (Fsp3) is 0.455. The van der Waals surface area contributed by atoms with Crippen LogP contribution in [-0.4, -0.2) is 20.2 Å². The second kappa shape index (κ2) is 6.05. The maximum Gasteiger partial charge on any atom is 0.213 e. The molecular formula is C11H15Cl2NO2S. The smallest absolute Gasteiger partial charge is 0.213 e. The molecule has 0 radical (unpaired) electrons. The lowest BCUT2D eigenvalue weighted by molar-refractivity contribution is 0.572. The van der Waals surface area contributed by atoms with Crippen LogP contribution in [0.5, 0.6) is 0 Å². The lowest BCUT2D eigenvalue weighted by Gasteiger charge is -2.09. The molecule has 0 aliphatic rings. The van der Waals surface area contributed by atoms with Crippen molar-refractivity contribution in [2.24, 2.45) is 0 Å². The number of sulfonamides is 1. The average molecular weight is 296 g/mol. The van der Waals surface area contributed by atoms with E-state index in [0.29, 0.717) is 23.0 Å². The van der Waals surface area contributed by atoms with Crippen LogP contribution >= 0.6 is 23.2 Å². The zero-order chi connectivity index (χ0) is 13.1. The Bertz CT molecular complexity index is 486. The predicted molar refractivity (Wildman–Crippen MR) is 72.2 cm³/mol. The third kappa shape index (κ3) is 4.47. The zero-order valence-electron chi connectivity index (χ0n) is 9.70. The number of hydrogen-bond acceptors (Lipinski definition) is 2. The minimum Gasteiger partial charge on any atom is -0.215 e. The summed E-state index contributed by atoms with van der Waals surface area (Å²) < 4.78 is 25.5. The van der Waals surface area contributed by atoms with Gasteiger partial charge >= 0.3 is 0 Å². The van der Waals surface area contributed by atoms with Crippen molar-refractivity contribution in [3.8, 4) is 0 Å². The molecule has 0 saturated heterocycles. The molecular weight excluding hydrogens is 281 g/mol. The van der Waals surface area contributed by atoms with Crippen LogP contribution in [0.1, 0.15) is 19.4 Å². The molecule has 1 N–H and O–H groups in total. The molecule has 0 spiro atoms. The van der Waals surface area contributed by atoms with Crippen LogP contribution in [0.25, 0.3) is 0 Å². The second-order valence-electron chi connectivity index (χ2n) is 3.99. The van der Waals surface area contributed by atoms with Crippen molar-refractivity contribution in [2.45, 2.75) is 25.5 Å². The summed E-state index contributed by atoms with van der Waals surface area (Å²) in [5.41, 5.74) is 0.950. The van der Waals surface area contributed by atoms with Crippen molar-refractivity contribution in [1.82, 2.24) is 4.72 Å². The van der Waals surface area contributed by atoms with Gasteiger partial charge in [0.15, 0.2) is 0 Å². The van der Waals surface area contributed by atoms with E-state index in [4.69, 9.17) is 23.2 Å². The quantitative estimate of drug-likeness (QED) is 0.908. The number of nitrogens with one attached hydrogen (secondary N) is 1. The fourth-order valence-electron chi connectivity index (χ4n) is 1.20. The molecule has 0 aliphatic heterocycles. The molecule has 0 atom stereocenters. The third-order valence-corrected chi connectivity index (χ3v) is 4.91. The van der Waals surface area contributed by atoms with Gasteiger partial charge in [0, 0.05) is 6.54 Å². The van der Waals surface area contributed by atoms with E-state index in [1.54, 1.807) is 26.0 Å². The molecule has 0 aliphatic carbocycles. The molecule has 17 heavy (non-hydrogen) atoms. The summed E-state index contributed by atoms with van der Waals surface area (Å²) in [5.74, 6) is 0. The summed E-state index contributed by atoms with van der Waals surface area (Å²) in [5, 5.41) is 0.561. The van der Waals surface area contributed by atoms with Crippen molar-refractivity contribution < 1.29 is 8.42 Å². The molecule has 1 aromatic rings. The Balaban J connectivity index is 2.55. The molecule has 3 nitrogen and oxygen atoms in total. The van der Waals surface area contributed by atoms with Gasteiger partial charge in [0.25, 0.3) is 0 Å². The van der Waals surface area contributed by atoms with Gasteiger partial charge in [-0.05, 0) is 38.0 Å². The van der Waals surface area contributed by atoms with Crippen LogP contribution in [0.2, 0.25) is 10.0 Å². The molecule has 0 heterocycles. The molecule has 0 unspecified atom stereocenters. The van der Waals surface area contributed by atoms with Gasteiger partial charge in [-0.2, -0.15) is 0 Å². The molecule has 0 saturated carbocycles. The van der Waals surface area contributed by atoms with E-state index < -0.39 is 15.3 Å². The highest BCUT2D eigenvalue weighted by Crippen LogP contribution is 2.22. The Morgan fingerprint density at radius 2 is 1.88 bits per heavy atom. The number of halogens is 2. The van der Waals surface area contributed by atoms with Gasteiger partial charge < -0.3 is 0 Å². The SMILES string of the molecule is CC(C)S(=O)(=O)NCCc1ccc(Cl)c(Cl)c1. The van der Waals surface area contributed by atoms with Crippen LogP contribution in [0, 0.1) is 0 Å². The molecule has 1 rings (SSSR count). The lowest BCUT2D eigenvalue weighted by Crippen LogP contribution is -2.32. The van der Waals surface area contributed by atoms with Gasteiger partial charge in [-0.3, -0.25) is 0 Å². The first-order chi connectivity index (χ1) is 7.83. The van der Waals surface area contributed by atoms with Gasteiger partial charge in [0.1, 0.15) is 0 Å².